The summed E-state index contributed by atoms with van der Waals surface area (Å²) in [5.74, 6) is -0.318. The lowest BCUT2D eigenvalue weighted by Crippen LogP contribution is -2.09. The van der Waals surface area contributed by atoms with Gasteiger partial charge in [0.25, 0.3) is 0 Å². The van der Waals surface area contributed by atoms with E-state index in [1.54, 1.807) is 18.2 Å². The molecule has 0 atom stereocenters. The number of hydrogen-bond acceptors (Lipinski definition) is 4. The molecule has 3 N–H and O–H groups in total. The van der Waals surface area contributed by atoms with Gasteiger partial charge in [0.15, 0.2) is 0 Å². The van der Waals surface area contributed by atoms with Crippen LogP contribution in [0.2, 0.25) is 0 Å². The minimum atomic E-state index is -0.318. The average molecular weight is 251 g/mol. The maximum atomic E-state index is 11.8. The zero-order chi connectivity index (χ0) is 13.4. The van der Waals surface area contributed by atoms with Gasteiger partial charge in [0, 0.05) is 12.3 Å². The molecule has 0 fully saturated rings. The van der Waals surface area contributed by atoms with Gasteiger partial charge >= 0.3 is 5.97 Å². The van der Waals surface area contributed by atoms with E-state index in [-0.39, 0.29) is 12.6 Å². The number of nitrogen functional groups attached to an aromatic ring is 1. The van der Waals surface area contributed by atoms with E-state index in [1.807, 2.05) is 6.92 Å². The van der Waals surface area contributed by atoms with Crippen LogP contribution in [-0.4, -0.2) is 24.3 Å². The van der Waals surface area contributed by atoms with Crippen molar-refractivity contribution in [1.29, 1.82) is 0 Å². The van der Waals surface area contributed by atoms with Crippen LogP contribution in [-0.2, 0) is 4.74 Å². The third-order valence-corrected chi connectivity index (χ3v) is 2.88. The second-order valence-corrected chi connectivity index (χ2v) is 4.29. The zero-order valence-corrected chi connectivity index (χ0v) is 10.8. The SMILES string of the molecule is Cc1c(N)cccc1C(=O)OCCCCCCO. The summed E-state index contributed by atoms with van der Waals surface area (Å²) in [5, 5.41) is 8.62. The number of carbonyl (C=O) groups excluding carboxylic acids is 1. The van der Waals surface area contributed by atoms with Crippen LogP contribution in [0.1, 0.15) is 41.6 Å². The Balaban J connectivity index is 2.35. The molecule has 0 bridgehead atoms. The summed E-state index contributed by atoms with van der Waals surface area (Å²) in [6.07, 6.45) is 3.56. The molecule has 4 heteroatoms. The first-order valence-corrected chi connectivity index (χ1v) is 6.30. The van der Waals surface area contributed by atoms with Crippen LogP contribution < -0.4 is 5.73 Å². The molecule has 0 aliphatic carbocycles. The quantitative estimate of drug-likeness (QED) is 0.443. The molecular weight excluding hydrogens is 230 g/mol. The highest BCUT2D eigenvalue weighted by molar-refractivity contribution is 5.92. The molecule has 1 aromatic rings. The van der Waals surface area contributed by atoms with Gasteiger partial charge in [-0.2, -0.15) is 0 Å². The summed E-state index contributed by atoms with van der Waals surface area (Å²) in [4.78, 5) is 11.8. The predicted octanol–water partition coefficient (Wildman–Crippen LogP) is 2.29. The number of nitrogens with two attached hydrogens (primary N) is 1. The van der Waals surface area contributed by atoms with Gasteiger partial charge in [0.05, 0.1) is 12.2 Å². The van der Waals surface area contributed by atoms with Crippen molar-refractivity contribution in [1.82, 2.24) is 0 Å². The molecule has 0 saturated carbocycles. The number of aliphatic hydroxyl groups is 1. The van der Waals surface area contributed by atoms with Crippen LogP contribution >= 0.6 is 0 Å². The zero-order valence-electron chi connectivity index (χ0n) is 10.8. The Hall–Kier alpha value is -1.55. The van der Waals surface area contributed by atoms with Gasteiger partial charge in [0.1, 0.15) is 0 Å². The molecule has 0 amide bonds. The Kier molecular flexibility index (Phi) is 6.22. The number of rotatable bonds is 7. The van der Waals surface area contributed by atoms with Crippen molar-refractivity contribution in [2.24, 2.45) is 0 Å². The second-order valence-electron chi connectivity index (χ2n) is 4.29. The summed E-state index contributed by atoms with van der Waals surface area (Å²) >= 11 is 0. The van der Waals surface area contributed by atoms with E-state index in [1.165, 1.54) is 0 Å². The van der Waals surface area contributed by atoms with E-state index in [0.29, 0.717) is 17.9 Å². The number of aliphatic hydroxyl groups excluding tert-OH is 1. The lowest BCUT2D eigenvalue weighted by molar-refractivity contribution is 0.0496. The van der Waals surface area contributed by atoms with Gasteiger partial charge in [-0.3, -0.25) is 0 Å². The Bertz CT molecular complexity index is 391. The molecular formula is C14H21NO3. The highest BCUT2D eigenvalue weighted by Crippen LogP contribution is 2.16. The van der Waals surface area contributed by atoms with Crippen molar-refractivity contribution < 1.29 is 14.6 Å². The van der Waals surface area contributed by atoms with E-state index < -0.39 is 0 Å². The van der Waals surface area contributed by atoms with Gasteiger partial charge in [-0.15, -0.1) is 0 Å². The Morgan fingerprint density at radius 3 is 2.72 bits per heavy atom. The number of unbranched alkanes of at least 4 members (excludes halogenated alkanes) is 3. The van der Waals surface area contributed by atoms with Crippen LogP contribution in [0, 0.1) is 6.92 Å². The molecule has 4 nitrogen and oxygen atoms in total. The highest BCUT2D eigenvalue weighted by atomic mass is 16.5. The third kappa shape index (κ3) is 4.37. The standard InChI is InChI=1S/C14H21NO3/c1-11-12(7-6-8-13(11)15)14(17)18-10-5-3-2-4-9-16/h6-8,16H,2-5,9-10,15H2,1H3. The molecule has 0 unspecified atom stereocenters. The summed E-state index contributed by atoms with van der Waals surface area (Å²) in [7, 11) is 0. The molecule has 1 aromatic carbocycles. The fourth-order valence-electron chi connectivity index (χ4n) is 1.68. The first-order valence-electron chi connectivity index (χ1n) is 6.30. The van der Waals surface area contributed by atoms with E-state index in [2.05, 4.69) is 0 Å². The fraction of sp³-hybridized carbons (Fsp3) is 0.500. The molecule has 18 heavy (non-hydrogen) atoms. The van der Waals surface area contributed by atoms with Crippen LogP contribution in [0.25, 0.3) is 0 Å². The van der Waals surface area contributed by atoms with E-state index in [9.17, 15) is 4.79 Å². The van der Waals surface area contributed by atoms with Crippen molar-refractivity contribution in [3.63, 3.8) is 0 Å². The number of esters is 1. The maximum Gasteiger partial charge on any atom is 0.338 e. The molecule has 0 spiro atoms. The molecule has 100 valence electrons. The van der Waals surface area contributed by atoms with Crippen molar-refractivity contribution in [3.05, 3.63) is 29.3 Å². The first-order chi connectivity index (χ1) is 8.66. The van der Waals surface area contributed by atoms with Gasteiger partial charge in [-0.1, -0.05) is 12.5 Å². The Labute approximate surface area is 108 Å². The number of anilines is 1. The van der Waals surface area contributed by atoms with E-state index >= 15 is 0 Å². The van der Waals surface area contributed by atoms with Gasteiger partial charge < -0.3 is 15.6 Å². The van der Waals surface area contributed by atoms with Crippen molar-refractivity contribution in [2.45, 2.75) is 32.6 Å². The molecule has 0 saturated heterocycles. The van der Waals surface area contributed by atoms with Crippen LogP contribution in [0.4, 0.5) is 5.69 Å². The van der Waals surface area contributed by atoms with Gasteiger partial charge in [-0.05, 0) is 43.9 Å². The van der Waals surface area contributed by atoms with Crippen molar-refractivity contribution in [2.75, 3.05) is 18.9 Å². The van der Waals surface area contributed by atoms with Crippen molar-refractivity contribution >= 4 is 11.7 Å². The van der Waals surface area contributed by atoms with E-state index in [4.69, 9.17) is 15.6 Å². The number of ether oxygens (including phenoxy) is 1. The van der Waals surface area contributed by atoms with Crippen LogP contribution in [0.5, 0.6) is 0 Å². The minimum Gasteiger partial charge on any atom is -0.462 e. The van der Waals surface area contributed by atoms with Gasteiger partial charge in [-0.25, -0.2) is 4.79 Å². The molecule has 0 radical (unpaired) electrons. The maximum absolute atomic E-state index is 11.8. The second kappa shape index (κ2) is 7.71. The van der Waals surface area contributed by atoms with Crippen LogP contribution in [0.3, 0.4) is 0 Å². The first kappa shape index (κ1) is 14.5. The minimum absolute atomic E-state index is 0.224. The summed E-state index contributed by atoms with van der Waals surface area (Å²) < 4.78 is 5.19. The lowest BCUT2D eigenvalue weighted by Gasteiger charge is -2.08. The third-order valence-electron chi connectivity index (χ3n) is 2.88. The van der Waals surface area contributed by atoms with Crippen molar-refractivity contribution in [3.8, 4) is 0 Å². The Morgan fingerprint density at radius 1 is 1.28 bits per heavy atom. The number of benzene rings is 1. The normalized spacial score (nSPS) is 10.3. The Morgan fingerprint density at radius 2 is 2.00 bits per heavy atom. The monoisotopic (exact) mass is 251 g/mol. The number of hydrogen-bond donors (Lipinski definition) is 2. The summed E-state index contributed by atoms with van der Waals surface area (Å²) in [6, 6.07) is 5.24. The molecule has 0 heterocycles. The molecule has 0 aromatic heterocycles. The summed E-state index contributed by atoms with van der Waals surface area (Å²) in [6.45, 7) is 2.45. The topological polar surface area (TPSA) is 72.6 Å². The lowest BCUT2D eigenvalue weighted by atomic mass is 10.1. The number of carbonyl (C=O) groups is 1. The predicted molar refractivity (Wildman–Crippen MR) is 71.4 cm³/mol. The molecule has 0 aliphatic heterocycles. The highest BCUT2D eigenvalue weighted by Gasteiger charge is 2.11. The van der Waals surface area contributed by atoms with Gasteiger partial charge in [0.2, 0.25) is 0 Å². The smallest absolute Gasteiger partial charge is 0.338 e. The average Bonchev–Trinajstić information content (AvgIpc) is 2.36. The molecule has 1 rings (SSSR count). The fourth-order valence-corrected chi connectivity index (χ4v) is 1.68. The largest absolute Gasteiger partial charge is 0.462 e. The van der Waals surface area contributed by atoms with Crippen LogP contribution in [0.15, 0.2) is 18.2 Å². The summed E-state index contributed by atoms with van der Waals surface area (Å²) in [5.41, 5.74) is 7.64. The molecule has 0 aliphatic rings. The van der Waals surface area contributed by atoms with E-state index in [0.717, 1.165) is 31.2 Å².